The summed E-state index contributed by atoms with van der Waals surface area (Å²) < 4.78 is 76.7. The van der Waals surface area contributed by atoms with Crippen molar-refractivity contribution in [3.05, 3.63) is 0 Å². The lowest BCUT2D eigenvalue weighted by Gasteiger charge is -2.23. The topological polar surface area (TPSA) is 55.4 Å². The molecule has 1 unspecified atom stereocenters. The van der Waals surface area contributed by atoms with Gasteiger partial charge >= 0.3 is 18.3 Å². The summed E-state index contributed by atoms with van der Waals surface area (Å²) in [5.74, 6) is -7.70. The Morgan fingerprint density at radius 2 is 1.44 bits per heavy atom. The maximum Gasteiger partial charge on any atom is 0.409 e. The highest BCUT2D eigenvalue weighted by Gasteiger charge is 2.61. The lowest BCUT2D eigenvalue weighted by molar-refractivity contribution is -0.274. The van der Waals surface area contributed by atoms with E-state index < -0.39 is 36.2 Å². The smallest absolute Gasteiger partial charge is 0.409 e. The van der Waals surface area contributed by atoms with Crippen LogP contribution in [-0.4, -0.2) is 37.4 Å². The van der Waals surface area contributed by atoms with E-state index in [0.717, 1.165) is 14.0 Å². The highest BCUT2D eigenvalue weighted by Crippen LogP contribution is 2.39. The number of hydrogen-bond donors (Lipinski definition) is 1. The van der Waals surface area contributed by atoms with Crippen molar-refractivity contribution in [2.75, 3.05) is 7.11 Å². The molecule has 0 aromatic rings. The SMILES string of the molecule is COC(=O)C(C)NC(=O)C(C(F)(F)F)C(F)(F)F. The molecule has 18 heavy (non-hydrogen) atoms. The fourth-order valence-corrected chi connectivity index (χ4v) is 1.02. The zero-order valence-electron chi connectivity index (χ0n) is 9.15. The second-order valence-corrected chi connectivity index (χ2v) is 3.27. The van der Waals surface area contributed by atoms with E-state index in [1.54, 1.807) is 0 Å². The molecule has 0 radical (unpaired) electrons. The van der Waals surface area contributed by atoms with E-state index in [-0.39, 0.29) is 0 Å². The Kier molecular flexibility index (Phi) is 4.99. The lowest BCUT2D eigenvalue weighted by Crippen LogP contribution is -2.51. The molecule has 0 saturated carbocycles. The van der Waals surface area contributed by atoms with Crippen molar-refractivity contribution >= 4 is 11.9 Å². The van der Waals surface area contributed by atoms with Crippen LogP contribution in [0.15, 0.2) is 0 Å². The van der Waals surface area contributed by atoms with Gasteiger partial charge in [0.25, 0.3) is 0 Å². The Morgan fingerprint density at radius 1 is 1.06 bits per heavy atom. The number of carbonyl (C=O) groups is 2. The molecule has 0 aliphatic carbocycles. The largest absolute Gasteiger partial charge is 0.467 e. The van der Waals surface area contributed by atoms with Crippen molar-refractivity contribution in [3.8, 4) is 0 Å². The van der Waals surface area contributed by atoms with Crippen LogP contribution in [0, 0.1) is 5.92 Å². The summed E-state index contributed by atoms with van der Waals surface area (Å²) in [4.78, 5) is 21.7. The van der Waals surface area contributed by atoms with E-state index in [1.807, 2.05) is 0 Å². The second kappa shape index (κ2) is 5.44. The van der Waals surface area contributed by atoms with E-state index in [9.17, 15) is 35.9 Å². The average Bonchev–Trinajstić information content (AvgIpc) is 2.11. The molecule has 0 aromatic heterocycles. The number of carbonyl (C=O) groups excluding carboxylic acids is 2. The molecule has 0 rings (SSSR count). The summed E-state index contributed by atoms with van der Waals surface area (Å²) >= 11 is 0. The number of alkyl halides is 6. The van der Waals surface area contributed by atoms with Crippen LogP contribution in [0.3, 0.4) is 0 Å². The van der Waals surface area contributed by atoms with Crippen LogP contribution in [0.25, 0.3) is 0 Å². The number of hydrogen-bond acceptors (Lipinski definition) is 3. The summed E-state index contributed by atoms with van der Waals surface area (Å²) in [5.41, 5.74) is 0. The van der Waals surface area contributed by atoms with Crippen molar-refractivity contribution in [1.82, 2.24) is 5.32 Å². The van der Waals surface area contributed by atoms with Crippen LogP contribution in [0.5, 0.6) is 0 Å². The normalized spacial score (nSPS) is 14.3. The third-order valence-electron chi connectivity index (χ3n) is 1.83. The molecule has 0 aliphatic heterocycles. The molecule has 10 heteroatoms. The Bertz CT molecular complexity index is 310. The van der Waals surface area contributed by atoms with Gasteiger partial charge in [0, 0.05) is 0 Å². The zero-order valence-corrected chi connectivity index (χ0v) is 9.15. The monoisotopic (exact) mass is 281 g/mol. The number of rotatable bonds is 3. The van der Waals surface area contributed by atoms with E-state index in [4.69, 9.17) is 0 Å². The number of methoxy groups -OCH3 is 1. The van der Waals surface area contributed by atoms with Gasteiger partial charge in [-0.05, 0) is 6.92 Å². The van der Waals surface area contributed by atoms with E-state index in [1.165, 1.54) is 5.32 Å². The summed E-state index contributed by atoms with van der Waals surface area (Å²) in [6.45, 7) is 0.896. The maximum atomic E-state index is 12.1. The van der Waals surface area contributed by atoms with Gasteiger partial charge < -0.3 is 10.1 Å². The lowest BCUT2D eigenvalue weighted by atomic mass is 10.1. The molecule has 0 aromatic carbocycles. The molecule has 1 N–H and O–H groups in total. The molecule has 0 aliphatic rings. The van der Waals surface area contributed by atoms with Crippen LogP contribution in [0.1, 0.15) is 6.92 Å². The van der Waals surface area contributed by atoms with Crippen molar-refractivity contribution in [2.24, 2.45) is 5.92 Å². The molecule has 1 amide bonds. The zero-order chi connectivity index (χ0) is 14.7. The number of amides is 1. The third-order valence-corrected chi connectivity index (χ3v) is 1.83. The Balaban J connectivity index is 4.97. The summed E-state index contributed by atoms with van der Waals surface area (Å²) in [5, 5.41) is 1.29. The van der Waals surface area contributed by atoms with Crippen molar-refractivity contribution in [1.29, 1.82) is 0 Å². The van der Waals surface area contributed by atoms with Crippen LogP contribution in [0.2, 0.25) is 0 Å². The number of halogens is 6. The first kappa shape index (κ1) is 16.5. The molecular weight excluding hydrogens is 272 g/mol. The van der Waals surface area contributed by atoms with Crippen LogP contribution in [0.4, 0.5) is 26.3 Å². The quantitative estimate of drug-likeness (QED) is 0.628. The minimum Gasteiger partial charge on any atom is -0.467 e. The van der Waals surface area contributed by atoms with Crippen molar-refractivity contribution in [2.45, 2.75) is 25.3 Å². The summed E-state index contributed by atoms with van der Waals surface area (Å²) in [6.07, 6.45) is -11.6. The van der Waals surface area contributed by atoms with Gasteiger partial charge in [-0.1, -0.05) is 0 Å². The van der Waals surface area contributed by atoms with Gasteiger partial charge in [0.1, 0.15) is 6.04 Å². The molecule has 1 atom stereocenters. The highest BCUT2D eigenvalue weighted by molar-refractivity contribution is 5.86. The van der Waals surface area contributed by atoms with E-state index in [0.29, 0.717) is 0 Å². The van der Waals surface area contributed by atoms with Gasteiger partial charge in [-0.3, -0.25) is 4.79 Å². The van der Waals surface area contributed by atoms with E-state index >= 15 is 0 Å². The number of esters is 1. The first-order valence-electron chi connectivity index (χ1n) is 4.43. The Labute approximate surface area is 97.3 Å². The van der Waals surface area contributed by atoms with Crippen LogP contribution < -0.4 is 5.32 Å². The molecule has 106 valence electrons. The van der Waals surface area contributed by atoms with Gasteiger partial charge in [0.05, 0.1) is 7.11 Å². The van der Waals surface area contributed by atoms with Gasteiger partial charge in [-0.2, -0.15) is 26.3 Å². The van der Waals surface area contributed by atoms with Gasteiger partial charge in [0.2, 0.25) is 11.8 Å². The highest BCUT2D eigenvalue weighted by atomic mass is 19.4. The Hall–Kier alpha value is -1.48. The average molecular weight is 281 g/mol. The van der Waals surface area contributed by atoms with Crippen LogP contribution in [-0.2, 0) is 14.3 Å². The third kappa shape index (κ3) is 4.41. The van der Waals surface area contributed by atoms with Gasteiger partial charge in [-0.15, -0.1) is 0 Å². The molecule has 0 fully saturated rings. The molecule has 0 saturated heterocycles. The molecule has 0 bridgehead atoms. The van der Waals surface area contributed by atoms with Gasteiger partial charge in [-0.25, -0.2) is 4.79 Å². The predicted octanol–water partition coefficient (Wildman–Crippen LogP) is 1.40. The summed E-state index contributed by atoms with van der Waals surface area (Å²) in [7, 11) is 0.871. The fraction of sp³-hybridized carbons (Fsp3) is 0.750. The second-order valence-electron chi connectivity index (χ2n) is 3.27. The molecule has 0 heterocycles. The molecule has 4 nitrogen and oxygen atoms in total. The maximum absolute atomic E-state index is 12.1. The fourth-order valence-electron chi connectivity index (χ4n) is 1.02. The minimum absolute atomic E-state index is 0.871. The Morgan fingerprint density at radius 3 is 1.72 bits per heavy atom. The van der Waals surface area contributed by atoms with Crippen molar-refractivity contribution < 1.29 is 40.7 Å². The predicted molar refractivity (Wildman–Crippen MR) is 45.2 cm³/mol. The molecular formula is C8H9F6NO3. The first-order chi connectivity index (χ1) is 7.91. The minimum atomic E-state index is -5.79. The summed E-state index contributed by atoms with van der Waals surface area (Å²) in [6, 6.07) is -1.62. The first-order valence-corrected chi connectivity index (χ1v) is 4.43. The standard InChI is InChI=1S/C8H9F6NO3/c1-3(6(17)18-2)15-5(16)4(7(9,10)11)8(12,13)14/h3-4H,1-2H3,(H,15,16). The van der Waals surface area contributed by atoms with Crippen LogP contribution >= 0.6 is 0 Å². The number of nitrogens with one attached hydrogen (secondary N) is 1. The van der Waals surface area contributed by atoms with Gasteiger partial charge in [0.15, 0.2) is 0 Å². The molecule has 0 spiro atoms. The van der Waals surface area contributed by atoms with Crippen molar-refractivity contribution in [3.63, 3.8) is 0 Å². The number of ether oxygens (including phenoxy) is 1. The van der Waals surface area contributed by atoms with E-state index in [2.05, 4.69) is 4.74 Å².